The highest BCUT2D eigenvalue weighted by Crippen LogP contribution is 2.27. The topological polar surface area (TPSA) is 66.3 Å². The number of carbonyl (C=O) groups is 1. The van der Waals surface area contributed by atoms with Gasteiger partial charge in [0.05, 0.1) is 18.1 Å². The lowest BCUT2D eigenvalue weighted by atomic mass is 10.1. The van der Waals surface area contributed by atoms with Gasteiger partial charge in [-0.2, -0.15) is 0 Å². The van der Waals surface area contributed by atoms with Gasteiger partial charge in [0.25, 0.3) is 0 Å². The van der Waals surface area contributed by atoms with E-state index < -0.39 is 5.97 Å². The monoisotopic (exact) mass is 307 g/mol. The molecule has 1 aliphatic rings. The SMILES string of the molecule is O=C(O)CSc1cncc(N2CCc3sccc3C2)n1. The summed E-state index contributed by atoms with van der Waals surface area (Å²) in [4.78, 5) is 22.9. The second-order valence-electron chi connectivity index (χ2n) is 4.44. The van der Waals surface area contributed by atoms with E-state index in [2.05, 4.69) is 26.3 Å². The van der Waals surface area contributed by atoms with Gasteiger partial charge in [0.15, 0.2) is 0 Å². The van der Waals surface area contributed by atoms with Crippen LogP contribution in [-0.4, -0.2) is 33.3 Å². The summed E-state index contributed by atoms with van der Waals surface area (Å²) >= 11 is 3.00. The standard InChI is InChI=1S/C13H13N3O2S2/c17-13(18)8-20-12-6-14-5-11(15-12)16-3-1-10-9(7-16)2-4-19-10/h2,4-6H,1,3,7-8H2,(H,17,18). The Morgan fingerprint density at radius 2 is 2.40 bits per heavy atom. The number of hydrogen-bond acceptors (Lipinski definition) is 6. The number of anilines is 1. The Morgan fingerprint density at radius 1 is 1.50 bits per heavy atom. The van der Waals surface area contributed by atoms with Crippen molar-refractivity contribution >= 4 is 34.9 Å². The van der Waals surface area contributed by atoms with Crippen LogP contribution >= 0.6 is 23.1 Å². The van der Waals surface area contributed by atoms with E-state index in [1.165, 1.54) is 22.2 Å². The normalized spacial score (nSPS) is 14.1. The maximum absolute atomic E-state index is 10.6. The molecule has 3 heterocycles. The van der Waals surface area contributed by atoms with Gasteiger partial charge in [-0.1, -0.05) is 11.8 Å². The van der Waals surface area contributed by atoms with E-state index in [4.69, 9.17) is 5.11 Å². The van der Waals surface area contributed by atoms with Gasteiger partial charge in [-0.05, 0) is 23.4 Å². The maximum atomic E-state index is 10.6. The second kappa shape index (κ2) is 5.80. The molecule has 0 fully saturated rings. The quantitative estimate of drug-likeness (QED) is 0.874. The third-order valence-corrected chi connectivity index (χ3v) is 4.98. The zero-order chi connectivity index (χ0) is 13.9. The van der Waals surface area contributed by atoms with Crippen molar-refractivity contribution in [1.29, 1.82) is 0 Å². The van der Waals surface area contributed by atoms with E-state index in [9.17, 15) is 4.79 Å². The van der Waals surface area contributed by atoms with Gasteiger partial charge in [-0.3, -0.25) is 9.78 Å². The zero-order valence-electron chi connectivity index (χ0n) is 10.7. The van der Waals surface area contributed by atoms with E-state index >= 15 is 0 Å². The molecule has 104 valence electrons. The predicted octanol–water partition coefficient (Wildman–Crippen LogP) is 2.28. The number of fused-ring (bicyclic) bond motifs is 1. The minimum atomic E-state index is -0.844. The van der Waals surface area contributed by atoms with Gasteiger partial charge in [0.1, 0.15) is 10.8 Å². The van der Waals surface area contributed by atoms with Crippen molar-refractivity contribution in [3.05, 3.63) is 34.3 Å². The summed E-state index contributed by atoms with van der Waals surface area (Å²) in [5.74, 6) is -0.0207. The molecule has 0 bridgehead atoms. The van der Waals surface area contributed by atoms with Gasteiger partial charge in [0, 0.05) is 18.0 Å². The Balaban J connectivity index is 1.74. The summed E-state index contributed by atoms with van der Waals surface area (Å²) in [5, 5.41) is 11.5. The van der Waals surface area contributed by atoms with Crippen molar-refractivity contribution in [1.82, 2.24) is 9.97 Å². The molecule has 2 aromatic rings. The molecule has 0 spiro atoms. The Labute approximate surface area is 124 Å². The van der Waals surface area contributed by atoms with E-state index in [1.54, 1.807) is 23.7 Å². The van der Waals surface area contributed by atoms with Crippen LogP contribution in [0.4, 0.5) is 5.82 Å². The summed E-state index contributed by atoms with van der Waals surface area (Å²) in [6.45, 7) is 1.77. The van der Waals surface area contributed by atoms with Crippen molar-refractivity contribution in [2.75, 3.05) is 17.2 Å². The predicted molar refractivity (Wildman–Crippen MR) is 79.5 cm³/mol. The van der Waals surface area contributed by atoms with Crippen molar-refractivity contribution in [2.24, 2.45) is 0 Å². The fraction of sp³-hybridized carbons (Fsp3) is 0.308. The highest BCUT2D eigenvalue weighted by molar-refractivity contribution is 7.99. The van der Waals surface area contributed by atoms with Crippen LogP contribution in [0, 0.1) is 0 Å². The third kappa shape index (κ3) is 2.94. The van der Waals surface area contributed by atoms with Crippen LogP contribution in [0.2, 0.25) is 0 Å². The van der Waals surface area contributed by atoms with E-state index in [1.807, 2.05) is 0 Å². The van der Waals surface area contributed by atoms with Crippen molar-refractivity contribution in [2.45, 2.75) is 18.0 Å². The van der Waals surface area contributed by atoms with Crippen LogP contribution < -0.4 is 4.90 Å². The van der Waals surface area contributed by atoms with Gasteiger partial charge >= 0.3 is 5.97 Å². The molecule has 0 aliphatic carbocycles. The summed E-state index contributed by atoms with van der Waals surface area (Å²) in [5.41, 5.74) is 1.35. The summed E-state index contributed by atoms with van der Waals surface area (Å²) in [7, 11) is 0. The second-order valence-corrected chi connectivity index (χ2v) is 6.43. The lowest BCUT2D eigenvalue weighted by molar-refractivity contribution is -0.133. The first kappa shape index (κ1) is 13.4. The van der Waals surface area contributed by atoms with Crippen LogP contribution in [0.15, 0.2) is 28.9 Å². The highest BCUT2D eigenvalue weighted by atomic mass is 32.2. The lowest BCUT2D eigenvalue weighted by Crippen LogP contribution is -2.30. The smallest absolute Gasteiger partial charge is 0.313 e. The molecule has 0 saturated heterocycles. The van der Waals surface area contributed by atoms with Crippen LogP contribution in [-0.2, 0) is 17.8 Å². The molecule has 0 unspecified atom stereocenters. The summed E-state index contributed by atoms with van der Waals surface area (Å²) < 4.78 is 0. The fourth-order valence-corrected chi connectivity index (χ4v) is 3.59. The number of rotatable bonds is 4. The maximum Gasteiger partial charge on any atom is 0.313 e. The third-order valence-electron chi connectivity index (χ3n) is 3.07. The molecule has 3 rings (SSSR count). The molecular weight excluding hydrogens is 294 g/mol. The molecule has 7 heteroatoms. The fourth-order valence-electron chi connectivity index (χ4n) is 2.14. The van der Waals surface area contributed by atoms with Crippen LogP contribution in [0.5, 0.6) is 0 Å². The van der Waals surface area contributed by atoms with Gasteiger partial charge < -0.3 is 10.0 Å². The van der Waals surface area contributed by atoms with Crippen LogP contribution in [0.3, 0.4) is 0 Å². The molecule has 5 nitrogen and oxygen atoms in total. The Hall–Kier alpha value is -1.60. The Bertz CT molecular complexity index is 630. The highest BCUT2D eigenvalue weighted by Gasteiger charge is 2.18. The number of nitrogens with zero attached hydrogens (tertiary/aromatic N) is 3. The minimum Gasteiger partial charge on any atom is -0.481 e. The molecule has 20 heavy (non-hydrogen) atoms. The van der Waals surface area contributed by atoms with E-state index in [-0.39, 0.29) is 5.75 Å². The molecule has 1 aliphatic heterocycles. The van der Waals surface area contributed by atoms with Crippen molar-refractivity contribution in [3.63, 3.8) is 0 Å². The molecule has 0 saturated carbocycles. The van der Waals surface area contributed by atoms with Gasteiger partial charge in [-0.25, -0.2) is 4.98 Å². The number of thioether (sulfide) groups is 1. The van der Waals surface area contributed by atoms with Gasteiger partial charge in [-0.15, -0.1) is 11.3 Å². The molecule has 0 amide bonds. The number of aromatic nitrogens is 2. The molecule has 2 aromatic heterocycles. The average molecular weight is 307 g/mol. The summed E-state index contributed by atoms with van der Waals surface area (Å²) in [6, 6.07) is 2.16. The van der Waals surface area contributed by atoms with Gasteiger partial charge in [0.2, 0.25) is 0 Å². The van der Waals surface area contributed by atoms with E-state index in [0.717, 1.165) is 25.3 Å². The zero-order valence-corrected chi connectivity index (χ0v) is 12.3. The van der Waals surface area contributed by atoms with Crippen molar-refractivity contribution < 1.29 is 9.90 Å². The number of carboxylic acid groups (broad SMARTS) is 1. The molecular formula is C13H13N3O2S2. The van der Waals surface area contributed by atoms with Crippen molar-refractivity contribution in [3.8, 4) is 0 Å². The summed E-state index contributed by atoms with van der Waals surface area (Å²) in [6.07, 6.45) is 4.38. The molecule has 0 aromatic carbocycles. The largest absolute Gasteiger partial charge is 0.481 e. The first-order chi connectivity index (χ1) is 9.72. The van der Waals surface area contributed by atoms with Crippen LogP contribution in [0.25, 0.3) is 0 Å². The first-order valence-corrected chi connectivity index (χ1v) is 8.06. The number of aliphatic carboxylic acids is 1. The minimum absolute atomic E-state index is 0.00676. The number of carboxylic acids is 1. The number of hydrogen-bond donors (Lipinski definition) is 1. The lowest BCUT2D eigenvalue weighted by Gasteiger charge is -2.27. The Morgan fingerprint density at radius 3 is 3.25 bits per heavy atom. The molecule has 0 radical (unpaired) electrons. The Kier molecular flexibility index (Phi) is 3.88. The van der Waals surface area contributed by atoms with Crippen LogP contribution in [0.1, 0.15) is 10.4 Å². The average Bonchev–Trinajstić information content (AvgIpc) is 2.93. The molecule has 0 atom stereocenters. The first-order valence-electron chi connectivity index (χ1n) is 6.19. The number of thiophene rings is 1. The van der Waals surface area contributed by atoms with E-state index in [0.29, 0.717) is 5.03 Å². The molecule has 1 N–H and O–H groups in total.